The molecule has 1 heterocycles. The molecule has 3 unspecified atom stereocenters. The molecule has 0 aromatic heterocycles. The zero-order valence-electron chi connectivity index (χ0n) is 43.6. The lowest BCUT2D eigenvalue weighted by Crippen LogP contribution is -2.51. The predicted octanol–water partition coefficient (Wildman–Crippen LogP) is 10.8. The molecule has 69 heavy (non-hydrogen) atoms. The van der Waals surface area contributed by atoms with Crippen LogP contribution in [0.4, 0.5) is 0 Å². The van der Waals surface area contributed by atoms with E-state index in [-0.39, 0.29) is 60.8 Å². The summed E-state index contributed by atoms with van der Waals surface area (Å²) in [4.78, 5) is 56.5. The van der Waals surface area contributed by atoms with E-state index in [1.54, 1.807) is 10.5 Å². The van der Waals surface area contributed by atoms with Crippen LogP contribution >= 0.6 is 0 Å². The lowest BCUT2D eigenvalue weighted by molar-refractivity contribution is -0.151. The number of amides is 2. The van der Waals surface area contributed by atoms with E-state index in [1.165, 1.54) is 51.4 Å². The maximum Gasteiger partial charge on any atom is 0.306 e. The fourth-order valence-corrected chi connectivity index (χ4v) is 13.8. The Morgan fingerprint density at radius 1 is 0.855 bits per heavy atom. The van der Waals surface area contributed by atoms with Gasteiger partial charge in [-0.1, -0.05) is 78.4 Å². The van der Waals surface area contributed by atoms with Gasteiger partial charge in [0.05, 0.1) is 31.9 Å². The van der Waals surface area contributed by atoms with Crippen molar-refractivity contribution in [3.8, 4) is 5.75 Å². The Hall–Kier alpha value is -3.57. The number of nitrogens with one attached hydrogen (secondary N) is 1. The van der Waals surface area contributed by atoms with Crippen molar-refractivity contribution in [2.24, 2.45) is 51.3 Å². The highest BCUT2D eigenvalue weighted by atomic mass is 16.5. The molecule has 4 fully saturated rings. The summed E-state index contributed by atoms with van der Waals surface area (Å²) in [5.41, 5.74) is 4.02. The summed E-state index contributed by atoms with van der Waals surface area (Å²) in [7, 11) is 0. The van der Waals surface area contributed by atoms with Gasteiger partial charge in [-0.25, -0.2) is 0 Å². The number of hydrogen-bond acceptors (Lipinski definition) is 9. The summed E-state index contributed by atoms with van der Waals surface area (Å²) in [6.07, 6.45) is 23.1. The summed E-state index contributed by atoms with van der Waals surface area (Å²) < 4.78 is 12.0. The molecule has 11 nitrogen and oxygen atoms in total. The van der Waals surface area contributed by atoms with Crippen molar-refractivity contribution in [2.75, 3.05) is 32.8 Å². The Morgan fingerprint density at radius 3 is 2.38 bits per heavy atom. The molecule has 4 aliphatic carbocycles. The number of aliphatic hydroxyl groups excluding tert-OH is 2. The first-order chi connectivity index (χ1) is 33.1. The molecule has 6 rings (SSSR count). The van der Waals surface area contributed by atoms with Crippen LogP contribution in [0, 0.1) is 46.3 Å². The van der Waals surface area contributed by atoms with Crippen molar-refractivity contribution in [2.45, 2.75) is 207 Å². The number of rotatable bonds is 27. The fourth-order valence-electron chi connectivity index (χ4n) is 13.8. The number of ketones is 1. The van der Waals surface area contributed by atoms with Gasteiger partial charge in [-0.3, -0.25) is 24.2 Å². The molecule has 0 bridgehead atoms. The zero-order chi connectivity index (χ0) is 49.6. The molecule has 3 N–H and O–H groups in total. The molecule has 386 valence electrons. The van der Waals surface area contributed by atoms with Crippen molar-refractivity contribution in [3.63, 3.8) is 0 Å². The molecule has 2 amide bonds. The SMILES string of the molecule is CC(=NCC(=O)CCCCCC(=O)O[C@H]1CC[C@@]2(C)C(=CCC3C2CC[C@@]2(C)C3CC[C@@H]2[C@H](C)CCCC(C)C)C1)c1ccc(OCCCC(=O)NCCCCCC(=O)N2C[C@H](O)C[C@H]2CO)cc1. The Morgan fingerprint density at radius 2 is 1.61 bits per heavy atom. The number of unbranched alkanes of at least 4 members (excludes halogenated alkanes) is 4. The van der Waals surface area contributed by atoms with Crippen molar-refractivity contribution < 1.29 is 38.9 Å². The van der Waals surface area contributed by atoms with Gasteiger partial charge in [0.2, 0.25) is 11.8 Å². The number of nitrogens with zero attached hydrogens (tertiary/aromatic N) is 2. The first-order valence-electron chi connectivity index (χ1n) is 27.6. The Labute approximate surface area is 415 Å². The molecule has 11 heteroatoms. The van der Waals surface area contributed by atoms with Gasteiger partial charge < -0.3 is 29.9 Å². The van der Waals surface area contributed by atoms with Gasteiger partial charge in [0.15, 0.2) is 5.78 Å². The monoisotopic (exact) mass is 958 g/mol. The van der Waals surface area contributed by atoms with Crippen LogP contribution in [0.2, 0.25) is 0 Å². The first kappa shape index (κ1) is 54.8. The van der Waals surface area contributed by atoms with E-state index in [0.29, 0.717) is 69.3 Å². The average molecular weight is 958 g/mol. The molecule has 1 aromatic rings. The van der Waals surface area contributed by atoms with Crippen LogP contribution in [-0.2, 0) is 23.9 Å². The summed E-state index contributed by atoms with van der Waals surface area (Å²) in [6.45, 7) is 15.7. The number of likely N-dealkylation sites (tertiary alicyclic amines) is 1. The maximum atomic E-state index is 13.0. The van der Waals surface area contributed by atoms with Gasteiger partial charge in [0.1, 0.15) is 11.9 Å². The minimum atomic E-state index is -0.563. The number of benzene rings is 1. The number of carbonyl (C=O) groups is 4. The van der Waals surface area contributed by atoms with Crippen LogP contribution in [-0.4, -0.2) is 95.5 Å². The van der Waals surface area contributed by atoms with Gasteiger partial charge in [-0.15, -0.1) is 0 Å². The average Bonchev–Trinajstić information content (AvgIpc) is 3.89. The third kappa shape index (κ3) is 15.0. The summed E-state index contributed by atoms with van der Waals surface area (Å²) >= 11 is 0. The summed E-state index contributed by atoms with van der Waals surface area (Å²) in [5, 5.41) is 22.2. The molecule has 0 spiro atoms. The number of carbonyl (C=O) groups excluding carboxylic acids is 4. The highest BCUT2D eigenvalue weighted by Gasteiger charge is 2.59. The van der Waals surface area contributed by atoms with E-state index in [4.69, 9.17) is 9.47 Å². The molecule has 1 saturated heterocycles. The minimum absolute atomic E-state index is 0.0117. The van der Waals surface area contributed by atoms with Gasteiger partial charge >= 0.3 is 5.97 Å². The molecule has 1 aliphatic heterocycles. The van der Waals surface area contributed by atoms with Crippen LogP contribution in [0.15, 0.2) is 40.9 Å². The van der Waals surface area contributed by atoms with Crippen LogP contribution in [0.5, 0.6) is 5.75 Å². The number of allylic oxidation sites excluding steroid dienone is 1. The van der Waals surface area contributed by atoms with E-state index in [0.717, 1.165) is 98.1 Å². The normalized spacial score (nSPS) is 29.2. The van der Waals surface area contributed by atoms with Crippen LogP contribution < -0.4 is 10.1 Å². The minimum Gasteiger partial charge on any atom is -0.494 e. The second-order valence-corrected chi connectivity index (χ2v) is 23.1. The van der Waals surface area contributed by atoms with Crippen molar-refractivity contribution in [1.29, 1.82) is 0 Å². The molecule has 0 radical (unpaired) electrons. The van der Waals surface area contributed by atoms with Crippen molar-refractivity contribution >= 4 is 29.3 Å². The van der Waals surface area contributed by atoms with E-state index >= 15 is 0 Å². The van der Waals surface area contributed by atoms with Gasteiger partial charge in [-0.05, 0) is 167 Å². The lowest BCUT2D eigenvalue weighted by atomic mass is 9.47. The Bertz CT molecular complexity index is 1900. The standard InChI is InChI=1S/C58H91N3O8/c1-40(2)15-13-16-41(3)51-27-28-52-50-26-23-44-35-49(29-31-57(44,5)53(50)30-32-58(51,52)6)69-56(67)20-11-7-9-17-46(63)37-60-42(4)43-21-24-48(25-22-43)68-34-14-18-54(65)59-33-12-8-10-19-55(66)61-38-47(64)36-45(61)39-62/h21-25,40-41,45,47,49-53,62,64H,7-20,26-39H2,1-6H3,(H,59,65)/t41-,45+,47-,49+,50?,51-,52?,53?,57+,58-/m1/s1. The number of hydrogen-bond donors (Lipinski definition) is 3. The number of Topliss-reactive ketones (excluding diaryl/α,β-unsaturated/α-hetero) is 1. The number of ether oxygens (including phenoxy) is 2. The molecule has 5 aliphatic rings. The third-order valence-corrected chi connectivity index (χ3v) is 17.8. The Balaban J connectivity index is 0.788. The highest BCUT2D eigenvalue weighted by molar-refractivity contribution is 6.00. The van der Waals surface area contributed by atoms with Crippen LogP contribution in [0.3, 0.4) is 0 Å². The Kier molecular flexibility index (Phi) is 20.8. The summed E-state index contributed by atoms with van der Waals surface area (Å²) in [5.74, 6) is 5.58. The fraction of sp³-hybridized carbons (Fsp3) is 0.776. The quantitative estimate of drug-likeness (QED) is 0.0341. The lowest BCUT2D eigenvalue weighted by Gasteiger charge is -2.58. The number of aliphatic imine (C=N–C) groups is 1. The van der Waals surface area contributed by atoms with E-state index < -0.39 is 6.10 Å². The second-order valence-electron chi connectivity index (χ2n) is 23.1. The number of fused-ring (bicyclic) bond motifs is 5. The largest absolute Gasteiger partial charge is 0.494 e. The summed E-state index contributed by atoms with van der Waals surface area (Å²) in [6, 6.07) is 7.32. The van der Waals surface area contributed by atoms with Crippen LogP contribution in [0.1, 0.15) is 195 Å². The van der Waals surface area contributed by atoms with Gasteiger partial charge in [0.25, 0.3) is 0 Å². The third-order valence-electron chi connectivity index (χ3n) is 17.8. The van der Waals surface area contributed by atoms with Gasteiger partial charge in [0, 0.05) is 50.9 Å². The van der Waals surface area contributed by atoms with Gasteiger partial charge in [-0.2, -0.15) is 0 Å². The number of β-amino-alcohol motifs (C(OH)–C–C–N with tert-alkyl or cyclic N) is 1. The van der Waals surface area contributed by atoms with Crippen LogP contribution in [0.25, 0.3) is 0 Å². The predicted molar refractivity (Wildman–Crippen MR) is 274 cm³/mol. The zero-order valence-corrected chi connectivity index (χ0v) is 43.6. The second kappa shape index (κ2) is 26.2. The van der Waals surface area contributed by atoms with E-state index in [9.17, 15) is 29.4 Å². The molecule has 1 aromatic carbocycles. The molecular formula is C58H91N3O8. The molecule has 3 saturated carbocycles. The topological polar surface area (TPSA) is 155 Å². The maximum absolute atomic E-state index is 13.0. The van der Waals surface area contributed by atoms with Crippen molar-refractivity contribution in [1.82, 2.24) is 10.2 Å². The van der Waals surface area contributed by atoms with E-state index in [1.807, 2.05) is 31.2 Å². The highest BCUT2D eigenvalue weighted by Crippen LogP contribution is 2.67. The number of esters is 1. The van der Waals surface area contributed by atoms with Crippen molar-refractivity contribution in [3.05, 3.63) is 41.5 Å². The van der Waals surface area contributed by atoms with E-state index in [2.05, 4.69) is 51.0 Å². The first-order valence-corrected chi connectivity index (χ1v) is 27.6. The molecular weight excluding hydrogens is 867 g/mol. The molecule has 10 atom stereocenters. The smallest absolute Gasteiger partial charge is 0.306 e. The number of aliphatic hydroxyl groups is 2.